The van der Waals surface area contributed by atoms with E-state index in [9.17, 15) is 0 Å². The first-order valence-corrected chi connectivity index (χ1v) is 5.75. The van der Waals surface area contributed by atoms with Crippen LogP contribution in [-0.2, 0) is 12.8 Å². The molecule has 2 rings (SSSR count). The molecule has 1 heterocycles. The number of aryl methyl sites for hydroxylation is 1. The Bertz CT molecular complexity index is 373. The number of fused-ring (bicyclic) bond motifs is 1. The van der Waals surface area contributed by atoms with Gasteiger partial charge in [0.25, 0.3) is 0 Å². The maximum Gasteiger partial charge on any atom is 0.0408 e. The minimum Gasteiger partial charge on any atom is -0.385 e. The lowest BCUT2D eigenvalue weighted by Gasteiger charge is -2.20. The zero-order valence-electron chi connectivity index (χ0n) is 9.64. The minimum atomic E-state index is 1.05. The van der Waals surface area contributed by atoms with Gasteiger partial charge in [-0.2, -0.15) is 0 Å². The predicted octanol–water partition coefficient (Wildman–Crippen LogP) is 3.55. The van der Waals surface area contributed by atoms with Crippen molar-refractivity contribution in [1.82, 2.24) is 0 Å². The van der Waals surface area contributed by atoms with Gasteiger partial charge in [-0.3, -0.25) is 0 Å². The zero-order valence-corrected chi connectivity index (χ0v) is 9.64. The molecule has 0 bridgehead atoms. The number of allylic oxidation sites excluding steroid dienone is 2. The Balaban J connectivity index is 2.27. The number of rotatable bonds is 2. The average molecular weight is 201 g/mol. The molecule has 0 atom stereocenters. The summed E-state index contributed by atoms with van der Waals surface area (Å²) < 4.78 is 0. The third kappa shape index (κ3) is 2.41. The maximum absolute atomic E-state index is 3.53. The molecule has 0 unspecified atom stereocenters. The van der Waals surface area contributed by atoms with E-state index in [1.54, 1.807) is 0 Å². The maximum atomic E-state index is 3.53. The molecule has 0 spiro atoms. The highest BCUT2D eigenvalue weighted by Crippen LogP contribution is 2.26. The van der Waals surface area contributed by atoms with Gasteiger partial charge in [0.2, 0.25) is 0 Å². The first kappa shape index (κ1) is 10.3. The van der Waals surface area contributed by atoms with Crippen molar-refractivity contribution in [2.45, 2.75) is 33.1 Å². The second-order valence-corrected chi connectivity index (χ2v) is 4.47. The largest absolute Gasteiger partial charge is 0.385 e. The van der Waals surface area contributed by atoms with Gasteiger partial charge in [-0.1, -0.05) is 29.8 Å². The Morgan fingerprint density at radius 3 is 3.07 bits per heavy atom. The van der Waals surface area contributed by atoms with Gasteiger partial charge in [-0.25, -0.2) is 0 Å². The standard InChI is InChI=1S/C14H19N/c1-11(2)8-9-13-6-3-5-12-7-4-10-15-14(12)13/h3,5-6,8,15H,4,7,9-10H2,1-2H3. The molecule has 1 aliphatic rings. The lowest BCUT2D eigenvalue weighted by molar-refractivity contribution is 0.826. The Morgan fingerprint density at radius 1 is 1.40 bits per heavy atom. The van der Waals surface area contributed by atoms with Crippen LogP contribution in [0.1, 0.15) is 31.4 Å². The molecule has 1 N–H and O–H groups in total. The summed E-state index contributed by atoms with van der Waals surface area (Å²) in [6.45, 7) is 5.43. The summed E-state index contributed by atoms with van der Waals surface area (Å²) >= 11 is 0. The third-order valence-corrected chi connectivity index (χ3v) is 2.89. The highest BCUT2D eigenvalue weighted by molar-refractivity contribution is 5.59. The Hall–Kier alpha value is -1.24. The monoisotopic (exact) mass is 201 g/mol. The lowest BCUT2D eigenvalue weighted by Crippen LogP contribution is -2.13. The van der Waals surface area contributed by atoms with Gasteiger partial charge < -0.3 is 5.32 Å². The molecule has 15 heavy (non-hydrogen) atoms. The first-order valence-electron chi connectivity index (χ1n) is 5.75. The Kier molecular flexibility index (Phi) is 3.10. The van der Waals surface area contributed by atoms with Crippen LogP contribution in [-0.4, -0.2) is 6.54 Å². The SMILES string of the molecule is CC(C)=CCc1cccc2c1NCCC2. The van der Waals surface area contributed by atoms with Crippen molar-refractivity contribution in [3.63, 3.8) is 0 Å². The summed E-state index contributed by atoms with van der Waals surface area (Å²) in [7, 11) is 0. The van der Waals surface area contributed by atoms with Crippen molar-refractivity contribution in [3.05, 3.63) is 41.0 Å². The van der Waals surface area contributed by atoms with Gasteiger partial charge in [0.05, 0.1) is 0 Å². The van der Waals surface area contributed by atoms with Crippen LogP contribution in [0.2, 0.25) is 0 Å². The summed E-state index contributed by atoms with van der Waals surface area (Å²) in [4.78, 5) is 0. The second-order valence-electron chi connectivity index (χ2n) is 4.47. The van der Waals surface area contributed by atoms with Crippen LogP contribution in [0.3, 0.4) is 0 Å². The van der Waals surface area contributed by atoms with Gasteiger partial charge >= 0.3 is 0 Å². The van der Waals surface area contributed by atoms with E-state index < -0.39 is 0 Å². The molecule has 1 aromatic rings. The Morgan fingerprint density at radius 2 is 2.27 bits per heavy atom. The summed E-state index contributed by atoms with van der Waals surface area (Å²) in [5.74, 6) is 0. The van der Waals surface area contributed by atoms with Gasteiger partial charge in [-0.05, 0) is 44.2 Å². The minimum absolute atomic E-state index is 1.05. The fourth-order valence-corrected chi connectivity index (χ4v) is 2.07. The van der Waals surface area contributed by atoms with Crippen molar-refractivity contribution >= 4 is 5.69 Å². The molecule has 1 aromatic carbocycles. The van der Waals surface area contributed by atoms with E-state index in [2.05, 4.69) is 43.4 Å². The van der Waals surface area contributed by atoms with E-state index in [0.29, 0.717) is 0 Å². The number of benzene rings is 1. The third-order valence-electron chi connectivity index (χ3n) is 2.89. The van der Waals surface area contributed by atoms with E-state index >= 15 is 0 Å². The van der Waals surface area contributed by atoms with E-state index in [-0.39, 0.29) is 0 Å². The molecule has 0 aromatic heterocycles. The fraction of sp³-hybridized carbons (Fsp3) is 0.429. The van der Waals surface area contributed by atoms with E-state index in [0.717, 1.165) is 13.0 Å². The quantitative estimate of drug-likeness (QED) is 0.721. The van der Waals surface area contributed by atoms with Crippen molar-refractivity contribution in [3.8, 4) is 0 Å². The highest BCUT2D eigenvalue weighted by Gasteiger charge is 2.10. The van der Waals surface area contributed by atoms with Crippen LogP contribution in [0.15, 0.2) is 29.8 Å². The van der Waals surface area contributed by atoms with Gasteiger partial charge in [-0.15, -0.1) is 0 Å². The molecule has 80 valence electrons. The smallest absolute Gasteiger partial charge is 0.0408 e. The molecule has 0 saturated carbocycles. The van der Waals surface area contributed by atoms with Crippen molar-refractivity contribution in [2.75, 3.05) is 11.9 Å². The number of para-hydroxylation sites is 1. The summed E-state index contributed by atoms with van der Waals surface area (Å²) in [6.07, 6.45) is 5.84. The second kappa shape index (κ2) is 4.52. The van der Waals surface area contributed by atoms with Crippen molar-refractivity contribution < 1.29 is 0 Å². The number of nitrogens with one attached hydrogen (secondary N) is 1. The molecule has 1 heteroatoms. The predicted molar refractivity (Wildman–Crippen MR) is 66.4 cm³/mol. The van der Waals surface area contributed by atoms with E-state index in [1.165, 1.54) is 35.2 Å². The zero-order chi connectivity index (χ0) is 10.7. The lowest BCUT2D eigenvalue weighted by atomic mass is 9.97. The molecule has 1 nitrogen and oxygen atoms in total. The molecule has 0 fully saturated rings. The van der Waals surface area contributed by atoms with Crippen LogP contribution in [0, 0.1) is 0 Å². The van der Waals surface area contributed by atoms with E-state index in [1.807, 2.05) is 0 Å². The molecule has 0 aliphatic carbocycles. The van der Waals surface area contributed by atoms with Gasteiger partial charge in [0.15, 0.2) is 0 Å². The molecule has 0 amide bonds. The summed E-state index contributed by atoms with van der Waals surface area (Å²) in [6, 6.07) is 6.66. The summed E-state index contributed by atoms with van der Waals surface area (Å²) in [5, 5.41) is 3.53. The van der Waals surface area contributed by atoms with Crippen LogP contribution in [0.5, 0.6) is 0 Å². The van der Waals surface area contributed by atoms with Gasteiger partial charge in [0, 0.05) is 12.2 Å². The molecule has 0 radical (unpaired) electrons. The van der Waals surface area contributed by atoms with Crippen LogP contribution < -0.4 is 5.32 Å². The van der Waals surface area contributed by atoms with Crippen molar-refractivity contribution in [1.29, 1.82) is 0 Å². The first-order chi connectivity index (χ1) is 7.27. The van der Waals surface area contributed by atoms with Crippen LogP contribution in [0.25, 0.3) is 0 Å². The van der Waals surface area contributed by atoms with Crippen molar-refractivity contribution in [2.24, 2.45) is 0 Å². The molecular formula is C14H19N. The number of anilines is 1. The molecule has 1 aliphatic heterocycles. The summed E-state index contributed by atoms with van der Waals surface area (Å²) in [5.41, 5.74) is 5.71. The van der Waals surface area contributed by atoms with Crippen LogP contribution >= 0.6 is 0 Å². The molecule has 0 saturated heterocycles. The van der Waals surface area contributed by atoms with Gasteiger partial charge in [0.1, 0.15) is 0 Å². The fourth-order valence-electron chi connectivity index (χ4n) is 2.07. The topological polar surface area (TPSA) is 12.0 Å². The number of hydrogen-bond acceptors (Lipinski definition) is 1. The Labute approximate surface area is 92.2 Å². The molecular weight excluding hydrogens is 182 g/mol. The van der Waals surface area contributed by atoms with E-state index in [4.69, 9.17) is 0 Å². The highest BCUT2D eigenvalue weighted by atomic mass is 14.9. The number of hydrogen-bond donors (Lipinski definition) is 1. The van der Waals surface area contributed by atoms with Crippen LogP contribution in [0.4, 0.5) is 5.69 Å². The average Bonchev–Trinajstić information content (AvgIpc) is 2.26. The normalized spacial score (nSPS) is 14.0.